The summed E-state index contributed by atoms with van der Waals surface area (Å²) in [7, 11) is 1.57. The Morgan fingerprint density at radius 1 is 1.07 bits per heavy atom. The van der Waals surface area contributed by atoms with E-state index < -0.39 is 41.8 Å². The van der Waals surface area contributed by atoms with Crippen molar-refractivity contribution < 1.29 is 33.0 Å². The second-order valence-electron chi connectivity index (χ2n) is 10.6. The second kappa shape index (κ2) is 10.1. The summed E-state index contributed by atoms with van der Waals surface area (Å²) in [5, 5.41) is 9.44. The quantitative estimate of drug-likeness (QED) is 0.396. The van der Waals surface area contributed by atoms with Gasteiger partial charge in [-0.25, -0.2) is 18.6 Å². The van der Waals surface area contributed by atoms with Crippen molar-refractivity contribution in [1.82, 2.24) is 9.88 Å². The summed E-state index contributed by atoms with van der Waals surface area (Å²) >= 11 is 0. The molecule has 1 N–H and O–H groups in total. The van der Waals surface area contributed by atoms with Gasteiger partial charge in [0, 0.05) is 35.8 Å². The predicted octanol–water partition coefficient (Wildman–Crippen LogP) is 5.52. The first-order chi connectivity index (χ1) is 19.2. The topological polar surface area (TPSA) is 92.2 Å². The lowest BCUT2D eigenvalue weighted by molar-refractivity contribution is -0.138. The van der Waals surface area contributed by atoms with Crippen molar-refractivity contribution in [3.8, 4) is 16.9 Å². The highest BCUT2D eigenvalue weighted by molar-refractivity contribution is 5.78. The lowest BCUT2D eigenvalue weighted by Gasteiger charge is -2.33. The van der Waals surface area contributed by atoms with Crippen LogP contribution < -0.4 is 9.64 Å². The maximum absolute atomic E-state index is 13.9. The number of amides is 1. The molecular formula is C30H29F2N3O5. The van der Waals surface area contributed by atoms with E-state index >= 15 is 0 Å². The van der Waals surface area contributed by atoms with Gasteiger partial charge in [-0.1, -0.05) is 6.07 Å². The van der Waals surface area contributed by atoms with Crippen molar-refractivity contribution in [1.29, 1.82) is 0 Å². The number of anilines is 1. The van der Waals surface area contributed by atoms with E-state index in [1.54, 1.807) is 14.0 Å². The summed E-state index contributed by atoms with van der Waals surface area (Å²) < 4.78 is 39.1. The Kier molecular flexibility index (Phi) is 6.56. The van der Waals surface area contributed by atoms with Gasteiger partial charge in [0.2, 0.25) is 0 Å². The Hall–Kier alpha value is -4.21. The summed E-state index contributed by atoms with van der Waals surface area (Å²) in [5.74, 6) is -1.37. The van der Waals surface area contributed by atoms with Crippen molar-refractivity contribution in [2.45, 2.75) is 44.4 Å². The highest BCUT2D eigenvalue weighted by atomic mass is 19.1. The van der Waals surface area contributed by atoms with Crippen LogP contribution in [-0.4, -0.2) is 53.3 Å². The molecule has 3 aromatic rings. The largest absolute Gasteiger partial charge is 0.496 e. The van der Waals surface area contributed by atoms with Crippen LogP contribution in [-0.2, 0) is 16.1 Å². The molecule has 3 aliphatic rings. The molecule has 1 aromatic heterocycles. The number of benzene rings is 2. The zero-order valence-electron chi connectivity index (χ0n) is 22.1. The number of cyclic esters (lactones) is 1. The number of methoxy groups -OCH3 is 1. The van der Waals surface area contributed by atoms with Crippen molar-refractivity contribution in [2.75, 3.05) is 25.1 Å². The fourth-order valence-corrected chi connectivity index (χ4v) is 5.64. The van der Waals surface area contributed by atoms with Crippen LogP contribution in [0.3, 0.4) is 0 Å². The molecule has 0 spiro atoms. The predicted molar refractivity (Wildman–Crippen MR) is 142 cm³/mol. The molecule has 0 bridgehead atoms. The molecule has 4 atom stereocenters. The summed E-state index contributed by atoms with van der Waals surface area (Å²) in [6, 6.07) is 12.2. The number of carboxylic acid groups (broad SMARTS) is 1. The van der Waals surface area contributed by atoms with Gasteiger partial charge in [0.25, 0.3) is 0 Å². The third kappa shape index (κ3) is 4.71. The van der Waals surface area contributed by atoms with Crippen LogP contribution >= 0.6 is 0 Å². The van der Waals surface area contributed by atoms with E-state index in [1.807, 2.05) is 30.3 Å². The van der Waals surface area contributed by atoms with Crippen molar-refractivity contribution >= 4 is 17.9 Å². The molecule has 2 aliphatic heterocycles. The molecular weight excluding hydrogens is 520 g/mol. The number of carbonyl (C=O) groups excluding carboxylic acids is 1. The molecule has 40 heavy (non-hydrogen) atoms. The van der Waals surface area contributed by atoms with Gasteiger partial charge >= 0.3 is 12.1 Å². The number of pyridine rings is 1. The molecule has 1 amide bonds. The van der Waals surface area contributed by atoms with E-state index in [9.17, 15) is 23.5 Å². The Labute approximate surface area is 230 Å². The molecule has 6 rings (SSSR count). The van der Waals surface area contributed by atoms with E-state index in [1.165, 1.54) is 17.0 Å². The molecule has 2 saturated heterocycles. The number of ether oxygens (including phenoxy) is 2. The van der Waals surface area contributed by atoms with Crippen LogP contribution in [0.5, 0.6) is 5.75 Å². The van der Waals surface area contributed by atoms with E-state index in [0.29, 0.717) is 17.9 Å². The first kappa shape index (κ1) is 26.0. The summed E-state index contributed by atoms with van der Waals surface area (Å²) in [6.45, 7) is 3.65. The fraction of sp³-hybridized carbons (Fsp3) is 0.367. The van der Waals surface area contributed by atoms with E-state index in [0.717, 1.165) is 48.1 Å². The molecule has 3 heterocycles. The molecule has 10 heteroatoms. The highest BCUT2D eigenvalue weighted by Gasteiger charge is 2.44. The van der Waals surface area contributed by atoms with Crippen LogP contribution in [0.1, 0.15) is 48.6 Å². The first-order valence-corrected chi connectivity index (χ1v) is 13.3. The lowest BCUT2D eigenvalue weighted by atomic mass is 9.97. The average Bonchev–Trinajstić information content (AvgIpc) is 3.65. The maximum Gasteiger partial charge on any atom is 0.411 e. The van der Waals surface area contributed by atoms with Gasteiger partial charge in [-0.05, 0) is 67.6 Å². The van der Waals surface area contributed by atoms with Crippen molar-refractivity contribution in [2.24, 2.45) is 5.92 Å². The van der Waals surface area contributed by atoms with Crippen LogP contribution in [0.2, 0.25) is 0 Å². The molecule has 1 saturated carbocycles. The van der Waals surface area contributed by atoms with Crippen LogP contribution in [0.15, 0.2) is 48.5 Å². The van der Waals surface area contributed by atoms with Gasteiger partial charge in [-0.3, -0.25) is 9.69 Å². The molecule has 0 unspecified atom stereocenters. The van der Waals surface area contributed by atoms with Gasteiger partial charge in [0.1, 0.15) is 29.3 Å². The van der Waals surface area contributed by atoms with Crippen molar-refractivity contribution in [3.63, 3.8) is 0 Å². The van der Waals surface area contributed by atoms with E-state index in [-0.39, 0.29) is 18.0 Å². The van der Waals surface area contributed by atoms with Crippen LogP contribution in [0.25, 0.3) is 11.1 Å². The van der Waals surface area contributed by atoms with Gasteiger partial charge in [-0.15, -0.1) is 0 Å². The van der Waals surface area contributed by atoms with Gasteiger partial charge in [0.15, 0.2) is 0 Å². The number of aliphatic carboxylic acids is 1. The minimum Gasteiger partial charge on any atom is -0.496 e. The Morgan fingerprint density at radius 3 is 2.45 bits per heavy atom. The SMILES string of the molecule is COc1ccc([C@H]2C[C@@H]2C(=O)O)cc1-c1ccc(N2CCC2)nc1CN1C(=O)O[C@H](c2cc(F)cc(F)c2)[C@@H]1C. The third-order valence-electron chi connectivity index (χ3n) is 8.11. The minimum atomic E-state index is -0.847. The van der Waals surface area contributed by atoms with Gasteiger partial charge in [0.05, 0.1) is 31.3 Å². The van der Waals surface area contributed by atoms with Gasteiger partial charge < -0.3 is 19.5 Å². The Bertz CT molecular complexity index is 1470. The van der Waals surface area contributed by atoms with Gasteiger partial charge in [-0.2, -0.15) is 0 Å². The van der Waals surface area contributed by atoms with Crippen LogP contribution in [0, 0.1) is 17.6 Å². The number of halogens is 2. The molecule has 8 nitrogen and oxygen atoms in total. The molecule has 2 aromatic carbocycles. The van der Waals surface area contributed by atoms with Crippen LogP contribution in [0.4, 0.5) is 19.4 Å². The molecule has 208 valence electrons. The smallest absolute Gasteiger partial charge is 0.411 e. The van der Waals surface area contributed by atoms with E-state index in [2.05, 4.69) is 4.90 Å². The number of hydrogen-bond acceptors (Lipinski definition) is 6. The second-order valence-corrected chi connectivity index (χ2v) is 10.6. The zero-order chi connectivity index (χ0) is 28.1. The normalized spacial score (nSPS) is 23.6. The standard InChI is InChI=1S/C30H29F2N3O5/c1-16-28(18-10-19(31)13-20(32)11-18)40-30(38)35(16)15-25-21(5-7-27(33-25)34-8-3-9-34)23-12-17(4-6-26(23)39-2)22-14-24(22)29(36)37/h4-7,10-13,16,22,24,28H,3,8-9,14-15H2,1-2H3,(H,36,37)/t16-,22+,24-,28-/m0/s1. The Morgan fingerprint density at radius 2 is 1.82 bits per heavy atom. The maximum atomic E-state index is 13.9. The third-order valence-corrected chi connectivity index (χ3v) is 8.11. The fourth-order valence-electron chi connectivity index (χ4n) is 5.64. The average molecular weight is 550 g/mol. The number of rotatable bonds is 8. The molecule has 0 radical (unpaired) electrons. The summed E-state index contributed by atoms with van der Waals surface area (Å²) in [4.78, 5) is 33.2. The number of carbonyl (C=O) groups is 2. The number of hydrogen-bond donors (Lipinski definition) is 1. The number of nitrogens with zero attached hydrogens (tertiary/aromatic N) is 3. The monoisotopic (exact) mass is 549 g/mol. The number of aromatic nitrogens is 1. The highest BCUT2D eigenvalue weighted by Crippen LogP contribution is 2.49. The first-order valence-electron chi connectivity index (χ1n) is 13.3. The summed E-state index contributed by atoms with van der Waals surface area (Å²) in [6.07, 6.45) is 0.203. The van der Waals surface area contributed by atoms with E-state index in [4.69, 9.17) is 14.5 Å². The van der Waals surface area contributed by atoms with Crippen molar-refractivity contribution in [3.05, 3.63) is 77.0 Å². The zero-order valence-corrected chi connectivity index (χ0v) is 22.1. The molecule has 1 aliphatic carbocycles. The Balaban J connectivity index is 1.37. The lowest BCUT2D eigenvalue weighted by Crippen LogP contribution is -2.38. The minimum absolute atomic E-state index is 0.0695. The molecule has 3 fully saturated rings. The summed E-state index contributed by atoms with van der Waals surface area (Å²) in [5.41, 5.74) is 3.26. The number of carboxylic acids is 1.